The first kappa shape index (κ1) is 25.5. The molecule has 1 aromatic heterocycles. The average Bonchev–Trinajstić information content (AvgIpc) is 3.20. The van der Waals surface area contributed by atoms with Crippen molar-refractivity contribution in [2.45, 2.75) is 20.5 Å². The van der Waals surface area contributed by atoms with Crippen molar-refractivity contribution in [1.29, 1.82) is 0 Å². The van der Waals surface area contributed by atoms with E-state index in [-0.39, 0.29) is 29.6 Å². The van der Waals surface area contributed by atoms with Gasteiger partial charge in [0.15, 0.2) is 0 Å². The Balaban J connectivity index is 1.77. The molecule has 0 radical (unpaired) electrons. The average molecular weight is 572 g/mol. The smallest absolute Gasteiger partial charge is 0.337 e. The Morgan fingerprint density at radius 2 is 1.86 bits per heavy atom. The molecule has 0 atom stereocenters. The molecule has 2 N–H and O–H groups in total. The SMILES string of the molecule is CC(=O)Nc1ccc(-n2c(C)ccc2-c2cc(Cl)ccc2OCc2ccc(Br)cc2F)cc1C(=O)O. The van der Waals surface area contributed by atoms with Crippen LogP contribution in [0.5, 0.6) is 5.75 Å². The third-order valence-electron chi connectivity index (χ3n) is 5.49. The third kappa shape index (κ3) is 5.45. The number of carbonyl (C=O) groups is 2. The summed E-state index contributed by atoms with van der Waals surface area (Å²) in [7, 11) is 0. The number of benzene rings is 3. The Bertz CT molecular complexity index is 1480. The van der Waals surface area contributed by atoms with Crippen molar-refractivity contribution in [3.05, 3.63) is 98.9 Å². The van der Waals surface area contributed by atoms with Crippen LogP contribution in [-0.2, 0) is 11.4 Å². The molecule has 0 fully saturated rings. The van der Waals surface area contributed by atoms with Gasteiger partial charge in [0.05, 0.1) is 16.9 Å². The van der Waals surface area contributed by atoms with Crippen LogP contribution in [-0.4, -0.2) is 21.6 Å². The largest absolute Gasteiger partial charge is 0.488 e. The summed E-state index contributed by atoms with van der Waals surface area (Å²) in [6, 6.07) is 18.4. The van der Waals surface area contributed by atoms with Crippen molar-refractivity contribution in [3.8, 4) is 22.7 Å². The van der Waals surface area contributed by atoms with Gasteiger partial charge in [-0.3, -0.25) is 4.79 Å². The van der Waals surface area contributed by atoms with Crippen LogP contribution in [0.15, 0.2) is 71.2 Å². The summed E-state index contributed by atoms with van der Waals surface area (Å²) in [5.74, 6) is -1.45. The fourth-order valence-corrected chi connectivity index (χ4v) is 4.37. The second-order valence-corrected chi connectivity index (χ2v) is 9.43. The van der Waals surface area contributed by atoms with Crippen molar-refractivity contribution in [3.63, 3.8) is 0 Å². The number of rotatable bonds is 7. The van der Waals surface area contributed by atoms with Gasteiger partial charge in [0.25, 0.3) is 0 Å². The van der Waals surface area contributed by atoms with Gasteiger partial charge in [-0.25, -0.2) is 9.18 Å². The zero-order valence-corrected chi connectivity index (χ0v) is 21.7. The van der Waals surface area contributed by atoms with Gasteiger partial charge >= 0.3 is 5.97 Å². The number of carboxylic acids is 1. The van der Waals surface area contributed by atoms with Crippen LogP contribution in [0.4, 0.5) is 10.1 Å². The van der Waals surface area contributed by atoms with Crippen molar-refractivity contribution in [2.75, 3.05) is 5.32 Å². The van der Waals surface area contributed by atoms with Gasteiger partial charge < -0.3 is 19.7 Å². The lowest BCUT2D eigenvalue weighted by atomic mass is 10.1. The molecule has 0 saturated heterocycles. The molecule has 0 aliphatic heterocycles. The number of anilines is 1. The van der Waals surface area contributed by atoms with Crippen molar-refractivity contribution < 1.29 is 23.8 Å². The van der Waals surface area contributed by atoms with Crippen LogP contribution in [0.1, 0.15) is 28.5 Å². The minimum atomic E-state index is -1.17. The number of amides is 1. The number of aromatic nitrogens is 1. The normalized spacial score (nSPS) is 10.8. The molecule has 0 aliphatic carbocycles. The van der Waals surface area contributed by atoms with Gasteiger partial charge in [0, 0.05) is 38.9 Å². The highest BCUT2D eigenvalue weighted by molar-refractivity contribution is 9.10. The van der Waals surface area contributed by atoms with Gasteiger partial charge in [-0.05, 0) is 67.6 Å². The molecule has 0 aliphatic rings. The molecule has 4 rings (SSSR count). The maximum Gasteiger partial charge on any atom is 0.337 e. The van der Waals surface area contributed by atoms with Crippen molar-refractivity contribution in [2.24, 2.45) is 0 Å². The van der Waals surface area contributed by atoms with Crippen LogP contribution in [0.25, 0.3) is 16.9 Å². The molecule has 36 heavy (non-hydrogen) atoms. The van der Waals surface area contributed by atoms with Crippen molar-refractivity contribution in [1.82, 2.24) is 4.57 Å². The van der Waals surface area contributed by atoms with Gasteiger partial charge in [-0.2, -0.15) is 0 Å². The lowest BCUT2D eigenvalue weighted by Crippen LogP contribution is -2.12. The van der Waals surface area contributed by atoms with Gasteiger partial charge in [-0.1, -0.05) is 33.6 Å². The number of aromatic carboxylic acids is 1. The van der Waals surface area contributed by atoms with E-state index in [1.807, 2.05) is 23.6 Å². The van der Waals surface area contributed by atoms with Gasteiger partial charge in [0.2, 0.25) is 5.91 Å². The molecule has 6 nitrogen and oxygen atoms in total. The minimum absolute atomic E-state index is 0.00200. The minimum Gasteiger partial charge on any atom is -0.488 e. The van der Waals surface area contributed by atoms with E-state index in [0.717, 1.165) is 5.69 Å². The molecule has 4 aromatic rings. The van der Waals surface area contributed by atoms with Crippen molar-refractivity contribution >= 4 is 45.1 Å². The van der Waals surface area contributed by atoms with E-state index in [4.69, 9.17) is 16.3 Å². The number of halogens is 3. The number of nitrogens with zero attached hydrogens (tertiary/aromatic N) is 1. The molecule has 0 spiro atoms. The standard InChI is InChI=1S/C27H21BrClFN2O4/c1-15-3-9-25(32(15)20-7-8-24(31-16(2)33)21(13-20)27(34)35)22-12-19(29)6-10-26(22)36-14-17-4-5-18(28)11-23(17)30/h3-13H,14H2,1-2H3,(H,31,33)(H,34,35). The predicted octanol–water partition coefficient (Wildman–Crippen LogP) is 7.24. The van der Waals surface area contributed by atoms with Gasteiger partial charge in [0.1, 0.15) is 18.2 Å². The molecule has 1 amide bonds. The fourth-order valence-electron chi connectivity index (χ4n) is 3.86. The number of carbonyl (C=O) groups excluding carboxylic acids is 1. The predicted molar refractivity (Wildman–Crippen MR) is 141 cm³/mol. The topological polar surface area (TPSA) is 80.6 Å². The molecule has 1 heterocycles. The van der Waals surface area contributed by atoms with E-state index in [2.05, 4.69) is 21.2 Å². The number of hydrogen-bond acceptors (Lipinski definition) is 3. The molecule has 0 bridgehead atoms. The van der Waals surface area contributed by atoms with E-state index in [0.29, 0.717) is 37.8 Å². The Kier molecular flexibility index (Phi) is 7.47. The van der Waals surface area contributed by atoms with Crippen LogP contribution in [0.2, 0.25) is 5.02 Å². The molecular weight excluding hydrogens is 551 g/mol. The maximum absolute atomic E-state index is 14.3. The highest BCUT2D eigenvalue weighted by atomic mass is 79.9. The molecule has 184 valence electrons. The first-order chi connectivity index (χ1) is 17.1. The summed E-state index contributed by atoms with van der Waals surface area (Å²) >= 11 is 9.57. The number of carboxylic acid groups (broad SMARTS) is 1. The number of hydrogen-bond donors (Lipinski definition) is 2. The van der Waals surface area contributed by atoms with Crippen LogP contribution in [0.3, 0.4) is 0 Å². The van der Waals surface area contributed by atoms with Crippen LogP contribution < -0.4 is 10.1 Å². The fraction of sp³-hybridized carbons (Fsp3) is 0.111. The summed E-state index contributed by atoms with van der Waals surface area (Å²) in [6.07, 6.45) is 0. The lowest BCUT2D eigenvalue weighted by Gasteiger charge is -2.17. The summed E-state index contributed by atoms with van der Waals surface area (Å²) in [4.78, 5) is 23.4. The quantitative estimate of drug-likeness (QED) is 0.245. The van der Waals surface area contributed by atoms with Crippen LogP contribution >= 0.6 is 27.5 Å². The highest BCUT2D eigenvalue weighted by Gasteiger charge is 2.18. The first-order valence-electron chi connectivity index (χ1n) is 10.8. The molecule has 3 aromatic carbocycles. The second kappa shape index (κ2) is 10.6. The highest BCUT2D eigenvalue weighted by Crippen LogP contribution is 2.36. The third-order valence-corrected chi connectivity index (χ3v) is 6.22. The van der Waals surface area contributed by atoms with E-state index >= 15 is 0 Å². The number of aryl methyl sites for hydroxylation is 1. The first-order valence-corrected chi connectivity index (χ1v) is 12.0. The van der Waals surface area contributed by atoms with Gasteiger partial charge in [-0.15, -0.1) is 0 Å². The van der Waals surface area contributed by atoms with E-state index < -0.39 is 5.97 Å². The monoisotopic (exact) mass is 570 g/mol. The molecule has 0 saturated carbocycles. The molecule has 9 heteroatoms. The van der Waals surface area contributed by atoms with Crippen LogP contribution in [0, 0.1) is 12.7 Å². The maximum atomic E-state index is 14.3. The van der Waals surface area contributed by atoms with E-state index in [9.17, 15) is 19.1 Å². The molecular formula is C27H21BrClFN2O4. The Morgan fingerprint density at radius 3 is 2.56 bits per heavy atom. The number of ether oxygens (including phenoxy) is 1. The van der Waals surface area contributed by atoms with E-state index in [1.165, 1.54) is 19.1 Å². The van der Waals surface area contributed by atoms with E-state index in [1.54, 1.807) is 42.5 Å². The summed E-state index contributed by atoms with van der Waals surface area (Å²) in [5.41, 5.74) is 3.30. The molecule has 0 unspecified atom stereocenters. The lowest BCUT2D eigenvalue weighted by molar-refractivity contribution is -0.114. The Hall–Kier alpha value is -3.62. The summed E-state index contributed by atoms with van der Waals surface area (Å²) < 4.78 is 22.8. The number of nitrogens with one attached hydrogen (secondary N) is 1. The Morgan fingerprint density at radius 1 is 1.08 bits per heavy atom. The summed E-state index contributed by atoms with van der Waals surface area (Å²) in [5, 5.41) is 12.7. The summed E-state index contributed by atoms with van der Waals surface area (Å²) in [6.45, 7) is 3.20. The zero-order chi connectivity index (χ0) is 26.0. The zero-order valence-electron chi connectivity index (χ0n) is 19.3. The second-order valence-electron chi connectivity index (χ2n) is 8.08. The Labute approximate surface area is 220 Å².